The zero-order valence-corrected chi connectivity index (χ0v) is 12.7. The second-order valence-corrected chi connectivity index (χ2v) is 5.45. The molecular formula is C16H10N4O2S. The van der Waals surface area contributed by atoms with E-state index in [1.807, 2.05) is 6.07 Å². The van der Waals surface area contributed by atoms with Crippen LogP contribution in [0.4, 0.5) is 0 Å². The number of nitrogens with zero attached hydrogens (tertiary/aromatic N) is 4. The first kappa shape index (κ1) is 14.8. The molecule has 0 saturated carbocycles. The number of hydrogen-bond donors (Lipinski definition) is 0. The van der Waals surface area contributed by atoms with E-state index in [-0.39, 0.29) is 12.2 Å². The summed E-state index contributed by atoms with van der Waals surface area (Å²) in [6.07, 6.45) is 4.86. The van der Waals surface area contributed by atoms with Crippen LogP contribution in [0.2, 0.25) is 0 Å². The Balaban J connectivity index is 1.74. The predicted octanol–water partition coefficient (Wildman–Crippen LogP) is 3.02. The molecule has 3 heterocycles. The molecule has 0 unspecified atom stereocenters. The molecule has 0 spiro atoms. The van der Waals surface area contributed by atoms with Crippen molar-refractivity contribution in [1.82, 2.24) is 15.0 Å². The van der Waals surface area contributed by atoms with Crippen molar-refractivity contribution >= 4 is 17.1 Å². The van der Waals surface area contributed by atoms with Gasteiger partial charge in [-0.05, 0) is 18.2 Å². The van der Waals surface area contributed by atoms with Crippen LogP contribution < -0.4 is 4.74 Å². The molecule has 0 aliphatic heterocycles. The van der Waals surface area contributed by atoms with Gasteiger partial charge >= 0.3 is 0 Å². The maximum atomic E-state index is 12.3. The van der Waals surface area contributed by atoms with E-state index in [9.17, 15) is 4.79 Å². The minimum Gasteiger partial charge on any atom is -0.456 e. The molecule has 0 N–H and O–H groups in total. The Morgan fingerprint density at radius 1 is 1.30 bits per heavy atom. The number of pyridine rings is 2. The molecule has 0 bridgehead atoms. The molecular weight excluding hydrogens is 312 g/mol. The third-order valence-electron chi connectivity index (χ3n) is 2.87. The molecule has 6 nitrogen and oxygen atoms in total. The van der Waals surface area contributed by atoms with Gasteiger partial charge in [0.15, 0.2) is 11.5 Å². The number of ketones is 1. The van der Waals surface area contributed by atoms with Gasteiger partial charge in [-0.15, -0.1) is 11.3 Å². The van der Waals surface area contributed by atoms with E-state index in [2.05, 4.69) is 15.0 Å². The molecule has 3 rings (SSSR count). The largest absolute Gasteiger partial charge is 0.456 e. The lowest BCUT2D eigenvalue weighted by Gasteiger charge is -2.05. The summed E-state index contributed by atoms with van der Waals surface area (Å²) < 4.78 is 5.63. The second kappa shape index (κ2) is 6.77. The Labute approximate surface area is 136 Å². The fourth-order valence-electron chi connectivity index (χ4n) is 1.84. The average molecular weight is 322 g/mol. The van der Waals surface area contributed by atoms with Crippen LogP contribution in [0.25, 0.3) is 0 Å². The zero-order valence-electron chi connectivity index (χ0n) is 11.8. The maximum Gasteiger partial charge on any atom is 0.188 e. The smallest absolute Gasteiger partial charge is 0.188 e. The van der Waals surface area contributed by atoms with Crippen molar-refractivity contribution in [3.8, 4) is 17.6 Å². The fourth-order valence-corrected chi connectivity index (χ4v) is 2.56. The standard InChI is InChI=1S/C16H10N4O2S/c17-8-11-10-23-16(20-11)7-15(21)14-6-12(3-5-19-14)22-13-2-1-4-18-9-13/h1-6,9-10H,7H2. The maximum absolute atomic E-state index is 12.3. The monoisotopic (exact) mass is 322 g/mol. The Morgan fingerprint density at radius 3 is 2.96 bits per heavy atom. The first-order chi connectivity index (χ1) is 11.2. The van der Waals surface area contributed by atoms with E-state index < -0.39 is 0 Å². The van der Waals surface area contributed by atoms with Gasteiger partial charge in [0.2, 0.25) is 0 Å². The minimum absolute atomic E-state index is 0.107. The topological polar surface area (TPSA) is 88.8 Å². The van der Waals surface area contributed by atoms with Crippen molar-refractivity contribution in [2.75, 3.05) is 0 Å². The van der Waals surface area contributed by atoms with Crippen LogP contribution in [0.5, 0.6) is 11.5 Å². The number of carbonyl (C=O) groups is 1. The van der Waals surface area contributed by atoms with Crippen molar-refractivity contribution in [2.45, 2.75) is 6.42 Å². The van der Waals surface area contributed by atoms with Crippen molar-refractivity contribution in [3.63, 3.8) is 0 Å². The Bertz CT molecular complexity index is 871. The lowest BCUT2D eigenvalue weighted by atomic mass is 10.2. The van der Waals surface area contributed by atoms with Gasteiger partial charge in [0, 0.05) is 23.8 Å². The van der Waals surface area contributed by atoms with Gasteiger partial charge in [0.05, 0.1) is 12.6 Å². The van der Waals surface area contributed by atoms with Crippen molar-refractivity contribution in [2.24, 2.45) is 0 Å². The van der Waals surface area contributed by atoms with Crippen LogP contribution in [0.15, 0.2) is 48.2 Å². The third-order valence-corrected chi connectivity index (χ3v) is 3.71. The van der Waals surface area contributed by atoms with Crippen molar-refractivity contribution in [1.29, 1.82) is 5.26 Å². The molecule has 3 aromatic rings. The number of aromatic nitrogens is 3. The van der Waals surface area contributed by atoms with Gasteiger partial charge in [0.1, 0.15) is 28.3 Å². The number of hydrogen-bond acceptors (Lipinski definition) is 7. The Hall–Kier alpha value is -3.11. The van der Waals surface area contributed by atoms with Crippen LogP contribution in [-0.4, -0.2) is 20.7 Å². The molecule has 0 atom stereocenters. The fraction of sp³-hybridized carbons (Fsp3) is 0.0625. The van der Waals surface area contributed by atoms with Crippen molar-refractivity contribution in [3.05, 3.63) is 64.6 Å². The average Bonchev–Trinajstić information content (AvgIpc) is 3.03. The molecule has 0 radical (unpaired) electrons. The molecule has 112 valence electrons. The summed E-state index contributed by atoms with van der Waals surface area (Å²) in [6.45, 7) is 0. The summed E-state index contributed by atoms with van der Waals surface area (Å²) >= 11 is 1.28. The van der Waals surface area contributed by atoms with Gasteiger partial charge in [-0.25, -0.2) is 4.98 Å². The molecule has 0 saturated heterocycles. The van der Waals surface area contributed by atoms with Crippen LogP contribution in [-0.2, 0) is 6.42 Å². The number of ether oxygens (including phenoxy) is 1. The Kier molecular flexibility index (Phi) is 4.36. The lowest BCUT2D eigenvalue weighted by Crippen LogP contribution is -2.06. The SMILES string of the molecule is N#Cc1csc(CC(=O)c2cc(Oc3cccnc3)ccn2)n1. The zero-order chi connectivity index (χ0) is 16.1. The number of Topliss-reactive ketones (excluding diaryl/α,β-unsaturated/α-hetero) is 1. The summed E-state index contributed by atoms with van der Waals surface area (Å²) in [5, 5.41) is 11.0. The normalized spacial score (nSPS) is 10.0. The number of carbonyl (C=O) groups excluding carboxylic acids is 1. The molecule has 0 fully saturated rings. The highest BCUT2D eigenvalue weighted by molar-refractivity contribution is 7.09. The van der Waals surface area contributed by atoms with E-state index in [1.165, 1.54) is 17.5 Å². The van der Waals surface area contributed by atoms with Crippen LogP contribution in [0, 0.1) is 11.3 Å². The number of rotatable bonds is 5. The van der Waals surface area contributed by atoms with Gasteiger partial charge in [-0.2, -0.15) is 5.26 Å². The van der Waals surface area contributed by atoms with Gasteiger partial charge in [-0.3, -0.25) is 14.8 Å². The quantitative estimate of drug-likeness (QED) is 0.671. The Morgan fingerprint density at radius 2 is 2.22 bits per heavy atom. The lowest BCUT2D eigenvalue weighted by molar-refractivity contribution is 0.0988. The van der Waals surface area contributed by atoms with E-state index in [0.717, 1.165) is 0 Å². The van der Waals surface area contributed by atoms with Crippen LogP contribution >= 0.6 is 11.3 Å². The molecule has 23 heavy (non-hydrogen) atoms. The van der Waals surface area contributed by atoms with Crippen LogP contribution in [0.3, 0.4) is 0 Å². The van der Waals surface area contributed by atoms with Crippen LogP contribution in [0.1, 0.15) is 21.2 Å². The van der Waals surface area contributed by atoms with Gasteiger partial charge in [0.25, 0.3) is 0 Å². The van der Waals surface area contributed by atoms with Gasteiger partial charge < -0.3 is 4.74 Å². The highest BCUT2D eigenvalue weighted by Gasteiger charge is 2.13. The summed E-state index contributed by atoms with van der Waals surface area (Å²) in [7, 11) is 0. The summed E-state index contributed by atoms with van der Waals surface area (Å²) in [5.74, 6) is 0.907. The van der Waals surface area contributed by atoms with Crippen molar-refractivity contribution < 1.29 is 9.53 Å². The first-order valence-corrected chi connectivity index (χ1v) is 7.54. The van der Waals surface area contributed by atoms with E-state index in [4.69, 9.17) is 10.00 Å². The number of thiazole rings is 1. The van der Waals surface area contributed by atoms with E-state index >= 15 is 0 Å². The first-order valence-electron chi connectivity index (χ1n) is 6.66. The minimum atomic E-state index is -0.180. The molecule has 0 aliphatic carbocycles. The summed E-state index contributed by atoms with van der Waals surface area (Å²) in [6, 6.07) is 8.72. The molecule has 0 aliphatic rings. The molecule has 0 aromatic carbocycles. The molecule has 0 amide bonds. The third kappa shape index (κ3) is 3.75. The summed E-state index contributed by atoms with van der Waals surface area (Å²) in [4.78, 5) is 24.4. The van der Waals surface area contributed by atoms with Gasteiger partial charge in [-0.1, -0.05) is 0 Å². The summed E-state index contributed by atoms with van der Waals surface area (Å²) in [5.41, 5.74) is 0.611. The highest BCUT2D eigenvalue weighted by atomic mass is 32.1. The van der Waals surface area contributed by atoms with E-state index in [0.29, 0.717) is 27.9 Å². The predicted molar refractivity (Wildman–Crippen MR) is 83.4 cm³/mol. The molecule has 3 aromatic heterocycles. The number of nitriles is 1. The highest BCUT2D eigenvalue weighted by Crippen LogP contribution is 2.21. The van der Waals surface area contributed by atoms with E-state index in [1.54, 1.807) is 42.0 Å². The second-order valence-electron chi connectivity index (χ2n) is 4.51. The molecule has 7 heteroatoms.